The monoisotopic (exact) mass is 452 g/mol. The Bertz CT molecular complexity index is 978. The molecule has 2 atom stereocenters. The molecule has 0 aliphatic carbocycles. The van der Waals surface area contributed by atoms with Gasteiger partial charge in [0.1, 0.15) is 0 Å². The highest BCUT2D eigenvalue weighted by atomic mass is 32.2. The van der Waals surface area contributed by atoms with Gasteiger partial charge >= 0.3 is 6.09 Å². The van der Waals surface area contributed by atoms with Gasteiger partial charge in [-0.05, 0) is 56.5 Å². The molecule has 31 heavy (non-hydrogen) atoms. The summed E-state index contributed by atoms with van der Waals surface area (Å²) in [5, 5.41) is 32.1. The lowest BCUT2D eigenvalue weighted by atomic mass is 10.1. The minimum absolute atomic E-state index is 0.0108. The van der Waals surface area contributed by atoms with E-state index < -0.39 is 22.2 Å². The van der Waals surface area contributed by atoms with Crippen molar-refractivity contribution in [3.63, 3.8) is 0 Å². The van der Waals surface area contributed by atoms with Gasteiger partial charge in [0.05, 0.1) is 17.6 Å². The van der Waals surface area contributed by atoms with E-state index in [2.05, 4.69) is 5.32 Å². The number of sulfonamides is 1. The van der Waals surface area contributed by atoms with E-state index in [-0.39, 0.29) is 35.6 Å². The summed E-state index contributed by atoms with van der Waals surface area (Å²) in [6, 6.07) is 10.2. The Hall–Kier alpha value is -2.82. The van der Waals surface area contributed by atoms with Gasteiger partial charge in [-0.3, -0.25) is 0 Å². The molecule has 0 saturated heterocycles. The van der Waals surface area contributed by atoms with Crippen molar-refractivity contribution in [2.75, 3.05) is 13.2 Å². The molecule has 0 heterocycles. The van der Waals surface area contributed by atoms with Crippen molar-refractivity contribution in [2.45, 2.75) is 43.7 Å². The first-order valence-electron chi connectivity index (χ1n) is 9.78. The zero-order chi connectivity index (χ0) is 23.0. The number of phenolic OH excluding ortho intramolecular Hbond substituents is 2. The number of aliphatic hydroxyl groups is 1. The fourth-order valence-corrected chi connectivity index (χ4v) is 3.64. The normalized spacial score (nSPS) is 13.4. The SMILES string of the molecule is Cc1ccc(S(=O)(=O)NC(=O)OCCCC(C)NCC(O)c2ccc(O)c(O)c2)cc1. The third-order valence-corrected chi connectivity index (χ3v) is 5.94. The topological polar surface area (TPSA) is 145 Å². The largest absolute Gasteiger partial charge is 0.504 e. The Labute approximate surface area is 181 Å². The Kier molecular flexibility index (Phi) is 8.66. The first-order valence-corrected chi connectivity index (χ1v) is 11.3. The number of aliphatic hydroxyl groups excluding tert-OH is 1. The lowest BCUT2D eigenvalue weighted by Gasteiger charge is -2.17. The Morgan fingerprint density at radius 2 is 1.77 bits per heavy atom. The standard InChI is InChI=1S/C21H28N2O7S/c1-14-5-8-17(9-6-14)31(28,29)23-21(27)30-11-3-4-15(2)22-13-20(26)16-7-10-18(24)19(25)12-16/h5-10,12,15,20,22,24-26H,3-4,11,13H2,1-2H3,(H,23,27). The van der Waals surface area contributed by atoms with E-state index in [1.807, 2.05) is 18.6 Å². The van der Waals surface area contributed by atoms with E-state index in [1.165, 1.54) is 30.3 Å². The van der Waals surface area contributed by atoms with Gasteiger partial charge < -0.3 is 25.4 Å². The van der Waals surface area contributed by atoms with Crippen LogP contribution in [0.4, 0.5) is 4.79 Å². The van der Waals surface area contributed by atoms with Crippen LogP contribution in [0.2, 0.25) is 0 Å². The molecule has 0 radical (unpaired) electrons. The molecule has 0 aliphatic rings. The van der Waals surface area contributed by atoms with Gasteiger partial charge in [0.15, 0.2) is 11.5 Å². The molecule has 9 nitrogen and oxygen atoms in total. The lowest BCUT2D eigenvalue weighted by molar-refractivity contribution is 0.147. The molecule has 10 heteroatoms. The molecule has 1 amide bonds. The van der Waals surface area contributed by atoms with Gasteiger partial charge in [-0.1, -0.05) is 23.8 Å². The van der Waals surface area contributed by atoms with Crippen LogP contribution < -0.4 is 10.0 Å². The number of nitrogens with one attached hydrogen (secondary N) is 2. The molecule has 170 valence electrons. The van der Waals surface area contributed by atoms with Crippen molar-refractivity contribution in [1.82, 2.24) is 10.0 Å². The molecule has 0 saturated carbocycles. The van der Waals surface area contributed by atoms with Gasteiger partial charge in [0.2, 0.25) is 0 Å². The number of phenols is 2. The fourth-order valence-electron chi connectivity index (χ4n) is 2.75. The summed E-state index contributed by atoms with van der Waals surface area (Å²) >= 11 is 0. The molecule has 0 aliphatic heterocycles. The molecule has 5 N–H and O–H groups in total. The van der Waals surface area contributed by atoms with Crippen molar-refractivity contribution in [3.8, 4) is 11.5 Å². The molecular formula is C21H28N2O7S. The van der Waals surface area contributed by atoms with Gasteiger partial charge in [-0.25, -0.2) is 17.9 Å². The van der Waals surface area contributed by atoms with Crippen LogP contribution in [0.15, 0.2) is 47.4 Å². The van der Waals surface area contributed by atoms with E-state index >= 15 is 0 Å². The number of carbonyl (C=O) groups excluding carboxylic acids is 1. The Morgan fingerprint density at radius 1 is 1.10 bits per heavy atom. The number of hydrogen-bond donors (Lipinski definition) is 5. The van der Waals surface area contributed by atoms with Crippen molar-refractivity contribution >= 4 is 16.1 Å². The minimum Gasteiger partial charge on any atom is -0.504 e. The van der Waals surface area contributed by atoms with Crippen LogP contribution in [0.5, 0.6) is 11.5 Å². The van der Waals surface area contributed by atoms with Gasteiger partial charge in [0.25, 0.3) is 10.0 Å². The number of aryl methyl sites for hydroxylation is 1. The maximum absolute atomic E-state index is 12.1. The third-order valence-electron chi connectivity index (χ3n) is 4.61. The predicted octanol–water partition coefficient (Wildman–Crippen LogP) is 2.31. The smallest absolute Gasteiger partial charge is 0.421 e. The van der Waals surface area contributed by atoms with Crippen LogP contribution in [0.3, 0.4) is 0 Å². The van der Waals surface area contributed by atoms with Gasteiger partial charge in [-0.2, -0.15) is 0 Å². The summed E-state index contributed by atoms with van der Waals surface area (Å²) < 4.78 is 31.1. The zero-order valence-electron chi connectivity index (χ0n) is 17.4. The van der Waals surface area contributed by atoms with E-state index in [9.17, 15) is 28.5 Å². The van der Waals surface area contributed by atoms with E-state index in [0.717, 1.165) is 5.56 Å². The third kappa shape index (κ3) is 7.74. The number of rotatable bonds is 10. The number of benzene rings is 2. The van der Waals surface area contributed by atoms with Gasteiger partial charge in [-0.15, -0.1) is 0 Å². The number of carbonyl (C=O) groups is 1. The number of aromatic hydroxyl groups is 2. The minimum atomic E-state index is -3.98. The van der Waals surface area contributed by atoms with Crippen LogP contribution in [0.1, 0.15) is 37.0 Å². The number of ether oxygens (including phenoxy) is 1. The summed E-state index contributed by atoms with van der Waals surface area (Å²) in [5.74, 6) is -0.558. The summed E-state index contributed by atoms with van der Waals surface area (Å²) in [5.41, 5.74) is 1.36. The highest BCUT2D eigenvalue weighted by Crippen LogP contribution is 2.27. The van der Waals surface area contributed by atoms with Crippen LogP contribution in [0.25, 0.3) is 0 Å². The molecule has 2 unspecified atom stereocenters. The Morgan fingerprint density at radius 3 is 2.42 bits per heavy atom. The maximum atomic E-state index is 12.1. The second kappa shape index (κ2) is 11.0. The Balaban J connectivity index is 1.67. The lowest BCUT2D eigenvalue weighted by Crippen LogP contribution is -2.32. The van der Waals surface area contributed by atoms with Crippen LogP contribution in [-0.4, -0.2) is 49.0 Å². The zero-order valence-corrected chi connectivity index (χ0v) is 18.2. The van der Waals surface area contributed by atoms with E-state index in [0.29, 0.717) is 18.4 Å². The van der Waals surface area contributed by atoms with Gasteiger partial charge in [0, 0.05) is 12.6 Å². The summed E-state index contributed by atoms with van der Waals surface area (Å²) in [6.07, 6.45) is -0.805. The number of amides is 1. The highest BCUT2D eigenvalue weighted by molar-refractivity contribution is 7.90. The molecule has 0 bridgehead atoms. The number of hydrogen-bond acceptors (Lipinski definition) is 8. The van der Waals surface area contributed by atoms with E-state index in [4.69, 9.17) is 4.74 Å². The molecular weight excluding hydrogens is 424 g/mol. The van der Waals surface area contributed by atoms with Crippen LogP contribution in [-0.2, 0) is 14.8 Å². The van der Waals surface area contributed by atoms with Crippen molar-refractivity contribution in [2.24, 2.45) is 0 Å². The van der Waals surface area contributed by atoms with Crippen LogP contribution in [0, 0.1) is 6.92 Å². The molecule has 0 aromatic heterocycles. The predicted molar refractivity (Wildman–Crippen MR) is 114 cm³/mol. The molecule has 0 spiro atoms. The summed E-state index contributed by atoms with van der Waals surface area (Å²) in [6.45, 7) is 3.98. The second-order valence-corrected chi connectivity index (χ2v) is 8.95. The molecule has 2 rings (SSSR count). The van der Waals surface area contributed by atoms with Crippen molar-refractivity contribution in [1.29, 1.82) is 0 Å². The maximum Gasteiger partial charge on any atom is 0.421 e. The highest BCUT2D eigenvalue weighted by Gasteiger charge is 2.18. The first-order chi connectivity index (χ1) is 14.6. The molecule has 0 fully saturated rings. The molecule has 2 aromatic carbocycles. The average Bonchev–Trinajstić information content (AvgIpc) is 2.71. The average molecular weight is 453 g/mol. The second-order valence-electron chi connectivity index (χ2n) is 7.27. The molecule has 2 aromatic rings. The van der Waals surface area contributed by atoms with Crippen LogP contribution >= 0.6 is 0 Å². The van der Waals surface area contributed by atoms with Crippen molar-refractivity contribution < 1.29 is 33.3 Å². The fraction of sp³-hybridized carbons (Fsp3) is 0.381. The first kappa shape index (κ1) is 24.4. The van der Waals surface area contributed by atoms with Crippen molar-refractivity contribution in [3.05, 3.63) is 53.6 Å². The summed E-state index contributed by atoms with van der Waals surface area (Å²) in [4.78, 5) is 11.7. The van der Waals surface area contributed by atoms with E-state index in [1.54, 1.807) is 12.1 Å². The summed E-state index contributed by atoms with van der Waals surface area (Å²) in [7, 11) is -3.98. The quantitative estimate of drug-likeness (QED) is 0.273.